The van der Waals surface area contributed by atoms with Crippen LogP contribution in [0.4, 0.5) is 0 Å². The van der Waals surface area contributed by atoms with Crippen molar-refractivity contribution in [3.8, 4) is 0 Å². The molecule has 0 bridgehead atoms. The number of benzene rings is 1. The van der Waals surface area contributed by atoms with Crippen LogP contribution < -0.4 is 0 Å². The number of carbonyl (C=O) groups is 2. The van der Waals surface area contributed by atoms with Gasteiger partial charge < -0.3 is 9.80 Å². The summed E-state index contributed by atoms with van der Waals surface area (Å²) in [7, 11) is 0. The molecule has 2 amide bonds. The van der Waals surface area contributed by atoms with Crippen LogP contribution in [0.2, 0.25) is 0 Å². The first-order valence-electron chi connectivity index (χ1n) is 8.89. The number of rotatable bonds is 8. The van der Waals surface area contributed by atoms with Crippen molar-refractivity contribution in [1.29, 1.82) is 0 Å². The highest BCUT2D eigenvalue weighted by Gasteiger charge is 2.36. The second kappa shape index (κ2) is 9.09. The molecule has 2 aromatic rings. The highest BCUT2D eigenvalue weighted by Crippen LogP contribution is 2.29. The number of hydrogen-bond acceptors (Lipinski definition) is 3. The van der Waals surface area contributed by atoms with Crippen molar-refractivity contribution in [2.24, 2.45) is 0 Å². The molecule has 1 aliphatic carbocycles. The fourth-order valence-electron chi connectivity index (χ4n) is 2.92. The van der Waals surface area contributed by atoms with Crippen LogP contribution in [-0.4, -0.2) is 39.0 Å². The number of thiophene rings is 1. The summed E-state index contributed by atoms with van der Waals surface area (Å²) in [6.07, 6.45) is 1.78. The van der Waals surface area contributed by atoms with Crippen molar-refractivity contribution < 1.29 is 9.59 Å². The predicted molar refractivity (Wildman–Crippen MR) is 110 cm³/mol. The van der Waals surface area contributed by atoms with Crippen LogP contribution in [0, 0.1) is 6.92 Å². The van der Waals surface area contributed by atoms with Crippen molar-refractivity contribution >= 4 is 46.4 Å². The number of halogens is 2. The Bertz CT molecular complexity index is 790. The van der Waals surface area contributed by atoms with E-state index in [0.717, 1.165) is 23.3 Å². The SMILES string of the molecule is Cc1ccsc1CN(Cc1ccccc1)C(=O)CN(C(=O)C(Cl)Cl)C1CC1. The van der Waals surface area contributed by atoms with Crippen molar-refractivity contribution in [1.82, 2.24) is 9.80 Å². The van der Waals surface area contributed by atoms with Gasteiger partial charge in [0, 0.05) is 17.5 Å². The minimum atomic E-state index is -1.14. The van der Waals surface area contributed by atoms with E-state index in [-0.39, 0.29) is 24.4 Å². The molecule has 0 spiro atoms. The van der Waals surface area contributed by atoms with Gasteiger partial charge in [-0.2, -0.15) is 0 Å². The maximum absolute atomic E-state index is 13.1. The molecule has 3 rings (SSSR count). The first-order valence-corrected chi connectivity index (χ1v) is 10.6. The molecule has 0 N–H and O–H groups in total. The first kappa shape index (κ1) is 20.2. The van der Waals surface area contributed by atoms with E-state index < -0.39 is 4.84 Å². The normalized spacial score (nSPS) is 13.6. The Morgan fingerprint density at radius 2 is 1.85 bits per heavy atom. The van der Waals surface area contributed by atoms with Gasteiger partial charge in [-0.15, -0.1) is 11.3 Å². The molecule has 1 aromatic heterocycles. The van der Waals surface area contributed by atoms with Crippen molar-refractivity contribution in [2.75, 3.05) is 6.54 Å². The third-order valence-corrected chi connectivity index (χ3v) is 6.02. The lowest BCUT2D eigenvalue weighted by atomic mass is 10.2. The second-order valence-corrected chi connectivity index (χ2v) is 8.86. The molecule has 0 saturated heterocycles. The molecule has 0 atom stereocenters. The minimum absolute atomic E-state index is 0.0106. The van der Waals surface area contributed by atoms with Gasteiger partial charge in [-0.25, -0.2) is 0 Å². The highest BCUT2D eigenvalue weighted by atomic mass is 35.5. The molecule has 27 heavy (non-hydrogen) atoms. The smallest absolute Gasteiger partial charge is 0.256 e. The molecule has 0 aliphatic heterocycles. The summed E-state index contributed by atoms with van der Waals surface area (Å²) < 4.78 is 0. The van der Waals surface area contributed by atoms with Crippen LogP contribution in [-0.2, 0) is 22.7 Å². The summed E-state index contributed by atoms with van der Waals surface area (Å²) in [5.74, 6) is -0.484. The summed E-state index contributed by atoms with van der Waals surface area (Å²) in [6.45, 7) is 3.07. The maximum Gasteiger partial charge on any atom is 0.256 e. The minimum Gasteiger partial charge on any atom is -0.332 e. The molecular weight excluding hydrogens is 403 g/mol. The van der Waals surface area contributed by atoms with E-state index in [2.05, 4.69) is 6.07 Å². The van der Waals surface area contributed by atoms with Gasteiger partial charge in [-0.05, 0) is 42.3 Å². The molecule has 1 aliphatic rings. The fourth-order valence-corrected chi connectivity index (χ4v) is 4.09. The van der Waals surface area contributed by atoms with Crippen molar-refractivity contribution in [2.45, 2.75) is 43.7 Å². The Labute approximate surface area is 173 Å². The Balaban J connectivity index is 1.77. The van der Waals surface area contributed by atoms with Crippen LogP contribution in [0.1, 0.15) is 28.8 Å². The zero-order valence-electron chi connectivity index (χ0n) is 15.1. The lowest BCUT2D eigenvalue weighted by Crippen LogP contribution is -2.45. The molecule has 1 heterocycles. The Kier molecular flexibility index (Phi) is 6.79. The van der Waals surface area contributed by atoms with Crippen molar-refractivity contribution in [3.63, 3.8) is 0 Å². The van der Waals surface area contributed by atoms with Gasteiger partial charge >= 0.3 is 0 Å². The van der Waals surface area contributed by atoms with Gasteiger partial charge in [0.15, 0.2) is 4.84 Å². The summed E-state index contributed by atoms with van der Waals surface area (Å²) in [6, 6.07) is 12.0. The molecule has 4 nitrogen and oxygen atoms in total. The van der Waals surface area contributed by atoms with E-state index in [1.54, 1.807) is 16.2 Å². The Morgan fingerprint density at radius 3 is 2.41 bits per heavy atom. The highest BCUT2D eigenvalue weighted by molar-refractivity contribution is 7.10. The Hall–Kier alpha value is -1.56. The van der Waals surface area contributed by atoms with Gasteiger partial charge in [-0.3, -0.25) is 9.59 Å². The van der Waals surface area contributed by atoms with Gasteiger partial charge in [0.25, 0.3) is 5.91 Å². The second-order valence-electron chi connectivity index (χ2n) is 6.76. The number of carbonyl (C=O) groups excluding carboxylic acids is 2. The van der Waals surface area contributed by atoms with Crippen LogP contribution in [0.5, 0.6) is 0 Å². The molecular formula is C20H22Cl2N2O2S. The zero-order chi connectivity index (χ0) is 19.4. The number of alkyl halides is 2. The summed E-state index contributed by atoms with van der Waals surface area (Å²) in [5, 5.41) is 2.03. The Morgan fingerprint density at radius 1 is 1.15 bits per heavy atom. The summed E-state index contributed by atoms with van der Waals surface area (Å²) in [4.78, 5) is 28.8. The average molecular weight is 425 g/mol. The molecule has 7 heteroatoms. The van der Waals surface area contributed by atoms with E-state index in [1.165, 1.54) is 10.5 Å². The maximum atomic E-state index is 13.1. The molecule has 0 unspecified atom stereocenters. The van der Waals surface area contributed by atoms with E-state index >= 15 is 0 Å². The van der Waals surface area contributed by atoms with E-state index in [9.17, 15) is 9.59 Å². The van der Waals surface area contributed by atoms with Gasteiger partial charge in [0.1, 0.15) is 6.54 Å². The summed E-state index contributed by atoms with van der Waals surface area (Å²) in [5.41, 5.74) is 2.22. The van der Waals surface area contributed by atoms with Crippen LogP contribution >= 0.6 is 34.5 Å². The first-order chi connectivity index (χ1) is 13.0. The third kappa shape index (κ3) is 5.47. The third-order valence-electron chi connectivity index (χ3n) is 4.63. The van der Waals surface area contributed by atoms with Crippen LogP contribution in [0.15, 0.2) is 41.8 Å². The summed E-state index contributed by atoms with van der Waals surface area (Å²) >= 11 is 13.2. The molecule has 1 aromatic carbocycles. The standard InChI is InChI=1S/C20H22Cl2N2O2S/c1-14-9-10-27-17(14)12-23(11-15-5-3-2-4-6-15)18(25)13-24(16-7-8-16)20(26)19(21)22/h2-6,9-10,16,19H,7-8,11-13H2,1H3. The molecule has 0 radical (unpaired) electrons. The van der Waals surface area contributed by atoms with E-state index in [4.69, 9.17) is 23.2 Å². The van der Waals surface area contributed by atoms with Gasteiger partial charge in [0.2, 0.25) is 5.91 Å². The monoisotopic (exact) mass is 424 g/mol. The van der Waals surface area contributed by atoms with E-state index in [0.29, 0.717) is 13.1 Å². The quantitative estimate of drug-likeness (QED) is 0.589. The lowest BCUT2D eigenvalue weighted by molar-refractivity contribution is -0.140. The average Bonchev–Trinajstić information content (AvgIpc) is 3.42. The zero-order valence-corrected chi connectivity index (χ0v) is 17.4. The number of nitrogens with zero attached hydrogens (tertiary/aromatic N) is 2. The topological polar surface area (TPSA) is 40.6 Å². The predicted octanol–water partition coefficient (Wildman–Crippen LogP) is 4.38. The molecule has 1 fully saturated rings. The van der Waals surface area contributed by atoms with Crippen LogP contribution in [0.3, 0.4) is 0 Å². The molecule has 144 valence electrons. The lowest BCUT2D eigenvalue weighted by Gasteiger charge is -2.28. The van der Waals surface area contributed by atoms with Crippen molar-refractivity contribution in [3.05, 3.63) is 57.8 Å². The van der Waals surface area contributed by atoms with E-state index in [1.807, 2.05) is 42.6 Å². The van der Waals surface area contributed by atoms with Gasteiger partial charge in [0.05, 0.1) is 6.54 Å². The molecule has 1 saturated carbocycles. The number of amides is 2. The largest absolute Gasteiger partial charge is 0.332 e. The number of aryl methyl sites for hydroxylation is 1. The van der Waals surface area contributed by atoms with Gasteiger partial charge in [-0.1, -0.05) is 53.5 Å². The van der Waals surface area contributed by atoms with Crippen LogP contribution in [0.25, 0.3) is 0 Å². The number of hydrogen-bond donors (Lipinski definition) is 0. The fraction of sp³-hybridized carbons (Fsp3) is 0.400.